The summed E-state index contributed by atoms with van der Waals surface area (Å²) in [5, 5.41) is 0. The minimum atomic E-state index is -0.194. The van der Waals surface area contributed by atoms with Crippen LogP contribution >= 0.6 is 0 Å². The van der Waals surface area contributed by atoms with Gasteiger partial charge in [0.1, 0.15) is 23.8 Å². The monoisotopic (exact) mass is 389 g/mol. The summed E-state index contributed by atoms with van der Waals surface area (Å²) in [4.78, 5) is 16.0. The Morgan fingerprint density at radius 1 is 0.759 bits per heavy atom. The van der Waals surface area contributed by atoms with Crippen molar-refractivity contribution in [2.45, 2.75) is 12.8 Å². The predicted octanol–water partition coefficient (Wildman–Crippen LogP) is 4.03. The zero-order valence-corrected chi connectivity index (χ0v) is 16.3. The number of hydrogen-bond donors (Lipinski definition) is 0. The minimum absolute atomic E-state index is 0.194. The average Bonchev–Trinajstić information content (AvgIpc) is 2.79. The second-order valence-electron chi connectivity index (χ2n) is 7.57. The Morgan fingerprint density at radius 2 is 1.48 bits per heavy atom. The molecule has 2 aliphatic heterocycles. The maximum Gasteiger partial charge on any atom is 0.138 e. The van der Waals surface area contributed by atoms with Crippen molar-refractivity contribution >= 4 is 23.0 Å². The van der Waals surface area contributed by atoms with Gasteiger partial charge in [-0.3, -0.25) is 0 Å². The maximum absolute atomic E-state index is 13.2. The number of aromatic nitrogens is 2. The molecule has 0 bridgehead atoms. The van der Waals surface area contributed by atoms with Gasteiger partial charge >= 0.3 is 0 Å². The highest BCUT2D eigenvalue weighted by molar-refractivity contribution is 5.67. The molecule has 2 aromatic carbocycles. The van der Waals surface area contributed by atoms with Crippen LogP contribution in [0.25, 0.3) is 0 Å². The summed E-state index contributed by atoms with van der Waals surface area (Å²) in [7, 11) is 0. The Kier molecular flexibility index (Phi) is 4.76. The van der Waals surface area contributed by atoms with E-state index in [-0.39, 0.29) is 5.82 Å². The molecule has 0 aliphatic carbocycles. The molecule has 0 saturated carbocycles. The van der Waals surface area contributed by atoms with Crippen molar-refractivity contribution in [2.24, 2.45) is 0 Å². The van der Waals surface area contributed by atoms with Gasteiger partial charge in [0, 0.05) is 50.2 Å². The van der Waals surface area contributed by atoms with E-state index in [4.69, 9.17) is 0 Å². The van der Waals surface area contributed by atoms with Gasteiger partial charge in [-0.2, -0.15) is 0 Å². The first-order chi connectivity index (χ1) is 14.3. The molecule has 29 heavy (non-hydrogen) atoms. The van der Waals surface area contributed by atoms with Crippen LogP contribution in [0.4, 0.5) is 27.4 Å². The summed E-state index contributed by atoms with van der Waals surface area (Å²) in [5.74, 6) is 1.74. The highest BCUT2D eigenvalue weighted by atomic mass is 19.1. The predicted molar refractivity (Wildman–Crippen MR) is 115 cm³/mol. The van der Waals surface area contributed by atoms with E-state index >= 15 is 0 Å². The van der Waals surface area contributed by atoms with Gasteiger partial charge in [0.2, 0.25) is 0 Å². The summed E-state index contributed by atoms with van der Waals surface area (Å²) in [6, 6.07) is 17.4. The summed E-state index contributed by atoms with van der Waals surface area (Å²) in [6.45, 7) is 4.51. The summed E-state index contributed by atoms with van der Waals surface area (Å²) in [5.41, 5.74) is 3.70. The normalized spacial score (nSPS) is 16.7. The van der Waals surface area contributed by atoms with Crippen LogP contribution in [0.2, 0.25) is 0 Å². The third-order valence-electron chi connectivity index (χ3n) is 5.82. The van der Waals surface area contributed by atoms with Crippen LogP contribution < -0.4 is 14.7 Å². The fraction of sp³-hybridized carbons (Fsp3) is 0.304. The van der Waals surface area contributed by atoms with Crippen LogP contribution in [0.3, 0.4) is 0 Å². The Bertz CT molecular complexity index is 983. The number of nitrogens with zero attached hydrogens (tertiary/aromatic N) is 5. The lowest BCUT2D eigenvalue weighted by molar-refractivity contribution is 0.624. The molecule has 3 heterocycles. The van der Waals surface area contributed by atoms with Gasteiger partial charge in [-0.05, 0) is 48.7 Å². The van der Waals surface area contributed by atoms with Gasteiger partial charge in [-0.25, -0.2) is 14.4 Å². The molecule has 148 valence electrons. The lowest BCUT2D eigenvalue weighted by Crippen LogP contribution is -2.46. The molecule has 0 atom stereocenters. The van der Waals surface area contributed by atoms with Crippen molar-refractivity contribution in [3.8, 4) is 0 Å². The smallest absolute Gasteiger partial charge is 0.138 e. The fourth-order valence-electron chi connectivity index (χ4n) is 4.27. The quantitative estimate of drug-likeness (QED) is 0.676. The summed E-state index contributed by atoms with van der Waals surface area (Å²) < 4.78 is 13.2. The second-order valence-corrected chi connectivity index (χ2v) is 7.57. The lowest BCUT2D eigenvalue weighted by Gasteiger charge is -2.37. The molecule has 5 rings (SSSR count). The van der Waals surface area contributed by atoms with E-state index in [2.05, 4.69) is 55.0 Å². The van der Waals surface area contributed by atoms with E-state index in [0.29, 0.717) is 0 Å². The SMILES string of the molecule is Fc1ccc(N2CCN(c3cc(N4CCCc5ccccc54)ncn3)CC2)cc1. The molecule has 1 saturated heterocycles. The van der Waals surface area contributed by atoms with Gasteiger partial charge < -0.3 is 14.7 Å². The largest absolute Gasteiger partial charge is 0.368 e. The molecule has 5 nitrogen and oxygen atoms in total. The molecular weight excluding hydrogens is 365 g/mol. The lowest BCUT2D eigenvalue weighted by atomic mass is 10.0. The number of fused-ring (bicyclic) bond motifs is 1. The van der Waals surface area contributed by atoms with E-state index in [9.17, 15) is 4.39 Å². The molecule has 1 fully saturated rings. The van der Waals surface area contributed by atoms with Crippen molar-refractivity contribution in [2.75, 3.05) is 47.4 Å². The van der Waals surface area contributed by atoms with Gasteiger partial charge in [0.05, 0.1) is 0 Å². The fourth-order valence-corrected chi connectivity index (χ4v) is 4.27. The topological polar surface area (TPSA) is 35.5 Å². The Hall–Kier alpha value is -3.15. The zero-order valence-electron chi connectivity index (χ0n) is 16.3. The van der Waals surface area contributed by atoms with Crippen molar-refractivity contribution in [3.05, 3.63) is 72.3 Å². The molecule has 6 heteroatoms. The highest BCUT2D eigenvalue weighted by Gasteiger charge is 2.22. The number of halogens is 1. The van der Waals surface area contributed by atoms with Gasteiger partial charge in [0.25, 0.3) is 0 Å². The third kappa shape index (κ3) is 3.62. The van der Waals surface area contributed by atoms with Crippen molar-refractivity contribution in [1.29, 1.82) is 0 Å². The van der Waals surface area contributed by atoms with Gasteiger partial charge in [0.15, 0.2) is 0 Å². The number of piperazine rings is 1. The molecule has 0 N–H and O–H groups in total. The molecular formula is C23H24FN5. The van der Waals surface area contributed by atoms with Crippen LogP contribution in [-0.2, 0) is 6.42 Å². The van der Waals surface area contributed by atoms with Gasteiger partial charge in [-0.1, -0.05) is 18.2 Å². The molecule has 0 unspecified atom stereocenters. The van der Waals surface area contributed by atoms with Crippen molar-refractivity contribution in [1.82, 2.24) is 9.97 Å². The van der Waals surface area contributed by atoms with Crippen molar-refractivity contribution in [3.63, 3.8) is 0 Å². The average molecular weight is 389 g/mol. The first-order valence-electron chi connectivity index (χ1n) is 10.2. The standard InChI is InChI=1S/C23H24FN5/c24-19-7-9-20(10-8-19)27-12-14-28(15-13-27)22-16-23(26-17-25-22)29-11-3-5-18-4-1-2-6-21(18)29/h1-2,4,6-10,16-17H,3,5,11-15H2. The summed E-state index contributed by atoms with van der Waals surface area (Å²) >= 11 is 0. The van der Waals surface area contributed by atoms with Crippen LogP contribution in [0.1, 0.15) is 12.0 Å². The van der Waals surface area contributed by atoms with E-state index < -0.39 is 0 Å². The minimum Gasteiger partial charge on any atom is -0.368 e. The Morgan fingerprint density at radius 3 is 2.31 bits per heavy atom. The molecule has 1 aromatic heterocycles. The van der Waals surface area contributed by atoms with E-state index in [1.165, 1.54) is 23.4 Å². The first kappa shape index (κ1) is 17.9. The molecule has 0 radical (unpaired) electrons. The van der Waals surface area contributed by atoms with E-state index in [1.54, 1.807) is 6.33 Å². The van der Waals surface area contributed by atoms with Crippen LogP contribution in [0.15, 0.2) is 60.9 Å². The van der Waals surface area contributed by atoms with Crippen LogP contribution in [0.5, 0.6) is 0 Å². The first-order valence-corrected chi connectivity index (χ1v) is 10.2. The molecule has 3 aromatic rings. The maximum atomic E-state index is 13.2. The molecule has 0 amide bonds. The second kappa shape index (κ2) is 7.70. The number of anilines is 4. The van der Waals surface area contributed by atoms with Crippen LogP contribution in [-0.4, -0.2) is 42.7 Å². The highest BCUT2D eigenvalue weighted by Crippen LogP contribution is 2.33. The number of benzene rings is 2. The Labute approximate surface area is 170 Å². The number of rotatable bonds is 3. The Balaban J connectivity index is 1.32. The molecule has 0 spiro atoms. The molecule has 2 aliphatic rings. The van der Waals surface area contributed by atoms with E-state index in [1.807, 2.05) is 12.1 Å². The zero-order chi connectivity index (χ0) is 19.6. The summed E-state index contributed by atoms with van der Waals surface area (Å²) in [6.07, 6.45) is 3.93. The third-order valence-corrected chi connectivity index (χ3v) is 5.82. The van der Waals surface area contributed by atoms with Gasteiger partial charge in [-0.15, -0.1) is 0 Å². The van der Waals surface area contributed by atoms with E-state index in [0.717, 1.165) is 62.9 Å². The van der Waals surface area contributed by atoms with Crippen LogP contribution in [0, 0.1) is 5.82 Å². The number of hydrogen-bond acceptors (Lipinski definition) is 5. The van der Waals surface area contributed by atoms with Crippen molar-refractivity contribution < 1.29 is 4.39 Å². The number of aryl methyl sites for hydroxylation is 1. The number of para-hydroxylation sites is 1.